The molecule has 0 saturated carbocycles. The molecule has 0 atom stereocenters. The molecular formula is C22H25FN4O4S. The highest BCUT2D eigenvalue weighted by Crippen LogP contribution is 2.28. The molecule has 2 aromatic carbocycles. The Bertz CT molecular complexity index is 967. The first-order valence-corrected chi connectivity index (χ1v) is 10.5. The lowest BCUT2D eigenvalue weighted by Gasteiger charge is -2.26. The summed E-state index contributed by atoms with van der Waals surface area (Å²) in [7, 11) is 1.45. The molecular weight excluding hydrogens is 435 g/mol. The number of ether oxygens (including phenoxy) is 3. The first kappa shape index (κ1) is 23.6. The Kier molecular flexibility index (Phi) is 8.90. The summed E-state index contributed by atoms with van der Waals surface area (Å²) in [4.78, 5) is 14.5. The summed E-state index contributed by atoms with van der Waals surface area (Å²) in [6, 6.07) is 10.5. The highest BCUT2D eigenvalue weighted by molar-refractivity contribution is 7.80. The van der Waals surface area contributed by atoms with Crippen LogP contribution in [0.3, 0.4) is 0 Å². The molecule has 8 nitrogen and oxygen atoms in total. The van der Waals surface area contributed by atoms with Gasteiger partial charge in [-0.3, -0.25) is 10.3 Å². The van der Waals surface area contributed by atoms with Crippen LogP contribution in [0.5, 0.6) is 11.5 Å². The van der Waals surface area contributed by atoms with E-state index in [4.69, 9.17) is 26.4 Å². The van der Waals surface area contributed by atoms with Crippen molar-refractivity contribution in [1.29, 1.82) is 0 Å². The summed E-state index contributed by atoms with van der Waals surface area (Å²) in [6.07, 6.45) is 1.56. The number of benzene rings is 2. The predicted molar refractivity (Wildman–Crippen MR) is 123 cm³/mol. The number of nitrogens with zero attached hydrogens (tertiary/aromatic N) is 2. The Balaban J connectivity index is 1.50. The molecule has 0 aliphatic carbocycles. The Hall–Kier alpha value is -3.08. The van der Waals surface area contributed by atoms with Gasteiger partial charge in [0.05, 0.1) is 32.1 Å². The highest BCUT2D eigenvalue weighted by atomic mass is 32.1. The SMILES string of the molecule is COc1cc(C=NNC(=S)NCCN2CCOCC2)ccc1OC(=O)c1ccccc1F. The van der Waals surface area contributed by atoms with Crippen molar-refractivity contribution in [3.05, 3.63) is 59.4 Å². The summed E-state index contributed by atoms with van der Waals surface area (Å²) in [5.74, 6) is -0.977. The third-order valence-electron chi connectivity index (χ3n) is 4.68. The van der Waals surface area contributed by atoms with Crippen LogP contribution >= 0.6 is 12.2 Å². The lowest BCUT2D eigenvalue weighted by atomic mass is 10.2. The zero-order valence-electron chi connectivity index (χ0n) is 17.7. The normalized spacial score (nSPS) is 14.2. The van der Waals surface area contributed by atoms with Crippen LogP contribution in [0.2, 0.25) is 0 Å². The zero-order chi connectivity index (χ0) is 22.8. The van der Waals surface area contributed by atoms with Crippen LogP contribution in [0.1, 0.15) is 15.9 Å². The fraction of sp³-hybridized carbons (Fsp3) is 0.318. The maximum absolute atomic E-state index is 13.8. The van der Waals surface area contributed by atoms with Crippen LogP contribution in [0.4, 0.5) is 4.39 Å². The van der Waals surface area contributed by atoms with Gasteiger partial charge in [0.25, 0.3) is 0 Å². The molecule has 0 aromatic heterocycles. The van der Waals surface area contributed by atoms with Gasteiger partial charge in [0.1, 0.15) is 5.82 Å². The van der Waals surface area contributed by atoms with Gasteiger partial charge in [0, 0.05) is 26.2 Å². The van der Waals surface area contributed by atoms with Gasteiger partial charge in [0.2, 0.25) is 0 Å². The molecule has 1 aliphatic rings. The van der Waals surface area contributed by atoms with Crippen molar-refractivity contribution in [2.75, 3.05) is 46.5 Å². The summed E-state index contributed by atoms with van der Waals surface area (Å²) in [5, 5.41) is 7.62. The van der Waals surface area contributed by atoms with Gasteiger partial charge in [-0.2, -0.15) is 5.10 Å². The second-order valence-corrected chi connectivity index (χ2v) is 7.27. The summed E-state index contributed by atoms with van der Waals surface area (Å²) in [5.41, 5.74) is 3.30. The fourth-order valence-electron chi connectivity index (χ4n) is 2.99. The van der Waals surface area contributed by atoms with Crippen molar-refractivity contribution >= 4 is 29.5 Å². The molecule has 170 valence electrons. The van der Waals surface area contributed by atoms with Crippen molar-refractivity contribution in [3.8, 4) is 11.5 Å². The average Bonchev–Trinajstić information content (AvgIpc) is 2.81. The Morgan fingerprint density at radius 2 is 2.03 bits per heavy atom. The molecule has 0 unspecified atom stereocenters. The van der Waals surface area contributed by atoms with Crippen LogP contribution in [-0.4, -0.2) is 68.7 Å². The quantitative estimate of drug-likeness (QED) is 0.204. The molecule has 32 heavy (non-hydrogen) atoms. The van der Waals surface area contributed by atoms with Crippen LogP contribution < -0.4 is 20.2 Å². The molecule has 2 aromatic rings. The van der Waals surface area contributed by atoms with E-state index in [1.54, 1.807) is 30.5 Å². The van der Waals surface area contributed by atoms with Gasteiger partial charge in [0.15, 0.2) is 16.6 Å². The van der Waals surface area contributed by atoms with Crippen LogP contribution in [-0.2, 0) is 4.74 Å². The minimum atomic E-state index is -0.807. The number of hydrogen-bond donors (Lipinski definition) is 2. The third kappa shape index (κ3) is 6.98. The van der Waals surface area contributed by atoms with E-state index in [1.165, 1.54) is 25.3 Å². The molecule has 0 bridgehead atoms. The van der Waals surface area contributed by atoms with E-state index in [9.17, 15) is 9.18 Å². The number of carbonyl (C=O) groups is 1. The fourth-order valence-corrected chi connectivity index (χ4v) is 3.14. The van der Waals surface area contributed by atoms with Gasteiger partial charge >= 0.3 is 5.97 Å². The molecule has 2 N–H and O–H groups in total. The molecule has 1 aliphatic heterocycles. The topological polar surface area (TPSA) is 84.4 Å². The third-order valence-corrected chi connectivity index (χ3v) is 4.92. The molecule has 0 radical (unpaired) electrons. The van der Waals surface area contributed by atoms with E-state index in [1.807, 2.05) is 0 Å². The number of rotatable bonds is 8. The van der Waals surface area contributed by atoms with Crippen molar-refractivity contribution in [2.24, 2.45) is 5.10 Å². The number of esters is 1. The molecule has 1 fully saturated rings. The lowest BCUT2D eigenvalue weighted by molar-refractivity contribution is 0.0389. The smallest absolute Gasteiger partial charge is 0.346 e. The van der Waals surface area contributed by atoms with Crippen molar-refractivity contribution in [2.45, 2.75) is 0 Å². The second-order valence-electron chi connectivity index (χ2n) is 6.86. The molecule has 0 spiro atoms. The Morgan fingerprint density at radius 3 is 2.78 bits per heavy atom. The summed E-state index contributed by atoms with van der Waals surface area (Å²) < 4.78 is 29.7. The van der Waals surface area contributed by atoms with Gasteiger partial charge in [-0.15, -0.1) is 0 Å². The number of carbonyl (C=O) groups excluding carboxylic acids is 1. The van der Waals surface area contributed by atoms with Crippen LogP contribution in [0, 0.1) is 5.82 Å². The van der Waals surface area contributed by atoms with E-state index >= 15 is 0 Å². The highest BCUT2D eigenvalue weighted by Gasteiger charge is 2.16. The zero-order valence-corrected chi connectivity index (χ0v) is 18.5. The second kappa shape index (κ2) is 12.1. The minimum absolute atomic E-state index is 0.154. The van der Waals surface area contributed by atoms with Gasteiger partial charge < -0.3 is 19.5 Å². The standard InChI is InChI=1S/C22H25FN4O4S/c1-29-20-14-16(6-7-19(20)31-21(28)17-4-2-3-5-18(17)23)15-25-26-22(32)24-8-9-27-10-12-30-13-11-27/h2-7,14-15H,8-13H2,1H3,(H2,24,26,32). The number of halogens is 1. The maximum atomic E-state index is 13.8. The first-order chi connectivity index (χ1) is 15.6. The lowest BCUT2D eigenvalue weighted by Crippen LogP contribution is -2.42. The monoisotopic (exact) mass is 460 g/mol. The van der Waals surface area contributed by atoms with Gasteiger partial charge in [-0.05, 0) is 48.1 Å². The van der Waals surface area contributed by atoms with Gasteiger partial charge in [-0.25, -0.2) is 9.18 Å². The molecule has 1 saturated heterocycles. The summed E-state index contributed by atoms with van der Waals surface area (Å²) in [6.45, 7) is 4.95. The minimum Gasteiger partial charge on any atom is -0.493 e. The van der Waals surface area contributed by atoms with Crippen LogP contribution in [0.15, 0.2) is 47.6 Å². The number of thiocarbonyl (C=S) groups is 1. The van der Waals surface area contributed by atoms with Crippen molar-refractivity contribution < 1.29 is 23.4 Å². The van der Waals surface area contributed by atoms with E-state index in [0.29, 0.717) is 23.0 Å². The van der Waals surface area contributed by atoms with E-state index in [2.05, 4.69) is 20.7 Å². The largest absolute Gasteiger partial charge is 0.493 e. The van der Waals surface area contributed by atoms with Crippen molar-refractivity contribution in [1.82, 2.24) is 15.6 Å². The maximum Gasteiger partial charge on any atom is 0.346 e. The van der Waals surface area contributed by atoms with E-state index in [-0.39, 0.29) is 11.3 Å². The number of methoxy groups -OCH3 is 1. The summed E-state index contributed by atoms with van der Waals surface area (Å²) >= 11 is 5.22. The van der Waals surface area contributed by atoms with E-state index < -0.39 is 11.8 Å². The van der Waals surface area contributed by atoms with E-state index in [0.717, 1.165) is 32.8 Å². The Labute approximate surface area is 191 Å². The molecule has 10 heteroatoms. The number of morpholine rings is 1. The molecule has 3 rings (SSSR count). The number of hydrogen-bond acceptors (Lipinski definition) is 7. The predicted octanol–water partition coefficient (Wildman–Crippen LogP) is 2.18. The van der Waals surface area contributed by atoms with Crippen molar-refractivity contribution in [3.63, 3.8) is 0 Å². The molecule has 0 amide bonds. The number of nitrogens with one attached hydrogen (secondary N) is 2. The molecule has 1 heterocycles. The first-order valence-electron chi connectivity index (χ1n) is 10.1. The van der Waals surface area contributed by atoms with Gasteiger partial charge in [-0.1, -0.05) is 12.1 Å². The Morgan fingerprint density at radius 1 is 1.25 bits per heavy atom. The number of hydrazone groups is 1. The van der Waals surface area contributed by atoms with Crippen LogP contribution in [0.25, 0.3) is 0 Å². The average molecular weight is 461 g/mol.